The molecule has 1 heterocycles. The summed E-state index contributed by atoms with van der Waals surface area (Å²) >= 11 is 6.12. The lowest BCUT2D eigenvalue weighted by Gasteiger charge is -2.17. The average Bonchev–Trinajstić information content (AvgIpc) is 3.24. The van der Waals surface area contributed by atoms with Crippen molar-refractivity contribution in [3.63, 3.8) is 0 Å². The molecule has 7 nitrogen and oxygen atoms in total. The topological polar surface area (TPSA) is 92.8 Å². The van der Waals surface area contributed by atoms with E-state index in [4.69, 9.17) is 16.3 Å². The molecule has 3 rings (SSSR count). The molecule has 2 aromatic rings. The second-order valence-electron chi connectivity index (χ2n) is 6.51. The number of carbonyl (C=O) groups is 2. The third-order valence-corrected chi connectivity index (χ3v) is 6.91. The zero-order chi connectivity index (χ0) is 21.0. The highest BCUT2D eigenvalue weighted by Crippen LogP contribution is 2.28. The van der Waals surface area contributed by atoms with Gasteiger partial charge in [0.2, 0.25) is 10.0 Å². The van der Waals surface area contributed by atoms with Crippen LogP contribution in [0.25, 0.3) is 0 Å². The molecule has 0 bridgehead atoms. The maximum atomic E-state index is 12.8. The predicted molar refractivity (Wildman–Crippen MR) is 110 cm³/mol. The summed E-state index contributed by atoms with van der Waals surface area (Å²) in [7, 11) is -3.75. The molecule has 0 aliphatic carbocycles. The second kappa shape index (κ2) is 8.94. The molecule has 0 saturated carbocycles. The SMILES string of the molecule is CCOC(=O)c1ccc(NC(=O)c2ccc(Cl)c(S(=O)(=O)N3CCCC3)c2)cc1. The Morgan fingerprint density at radius 1 is 1.07 bits per heavy atom. The Kier molecular flexibility index (Phi) is 6.56. The highest BCUT2D eigenvalue weighted by Gasteiger charge is 2.29. The van der Waals surface area contributed by atoms with Gasteiger partial charge in [-0.05, 0) is 62.2 Å². The quantitative estimate of drug-likeness (QED) is 0.699. The number of halogens is 1. The lowest BCUT2D eigenvalue weighted by molar-refractivity contribution is 0.0526. The third-order valence-electron chi connectivity index (χ3n) is 4.53. The lowest BCUT2D eigenvalue weighted by Crippen LogP contribution is -2.28. The van der Waals surface area contributed by atoms with Crippen LogP contribution >= 0.6 is 11.6 Å². The van der Waals surface area contributed by atoms with Crippen LogP contribution < -0.4 is 5.32 Å². The molecule has 1 amide bonds. The number of nitrogens with one attached hydrogen (secondary N) is 1. The van der Waals surface area contributed by atoms with E-state index in [2.05, 4.69) is 5.32 Å². The number of rotatable bonds is 6. The van der Waals surface area contributed by atoms with E-state index in [1.807, 2.05) is 0 Å². The first-order chi connectivity index (χ1) is 13.8. The molecular formula is C20H21ClN2O5S. The van der Waals surface area contributed by atoms with Gasteiger partial charge in [0.1, 0.15) is 4.90 Å². The van der Waals surface area contributed by atoms with Gasteiger partial charge in [0, 0.05) is 24.3 Å². The van der Waals surface area contributed by atoms with Crippen molar-refractivity contribution in [2.45, 2.75) is 24.7 Å². The molecule has 0 unspecified atom stereocenters. The van der Waals surface area contributed by atoms with Gasteiger partial charge in [-0.15, -0.1) is 0 Å². The number of amides is 1. The predicted octanol–water partition coefficient (Wildman–Crippen LogP) is 3.55. The summed E-state index contributed by atoms with van der Waals surface area (Å²) in [6, 6.07) is 10.4. The monoisotopic (exact) mass is 436 g/mol. The Labute approximate surface area is 174 Å². The number of carbonyl (C=O) groups excluding carboxylic acids is 2. The third kappa shape index (κ3) is 4.77. The number of hydrogen-bond donors (Lipinski definition) is 1. The van der Waals surface area contributed by atoms with Crippen molar-refractivity contribution in [1.82, 2.24) is 4.31 Å². The van der Waals surface area contributed by atoms with E-state index in [1.165, 1.54) is 22.5 Å². The Bertz CT molecular complexity index is 1020. The van der Waals surface area contributed by atoms with Crippen molar-refractivity contribution in [2.75, 3.05) is 25.0 Å². The van der Waals surface area contributed by atoms with Gasteiger partial charge in [0.05, 0.1) is 17.2 Å². The van der Waals surface area contributed by atoms with Crippen LogP contribution in [0.1, 0.15) is 40.5 Å². The van der Waals surface area contributed by atoms with E-state index in [9.17, 15) is 18.0 Å². The van der Waals surface area contributed by atoms with Crippen LogP contribution in [0.4, 0.5) is 5.69 Å². The highest BCUT2D eigenvalue weighted by atomic mass is 35.5. The van der Waals surface area contributed by atoms with Gasteiger partial charge in [0.25, 0.3) is 5.91 Å². The standard InChI is InChI=1S/C20H21ClN2O5S/c1-2-28-20(25)14-5-8-16(9-6-14)22-19(24)15-7-10-17(21)18(13-15)29(26,27)23-11-3-4-12-23/h5-10,13H,2-4,11-12H2,1H3,(H,22,24). The number of benzene rings is 2. The van der Waals surface area contributed by atoms with Crippen LogP contribution in [0, 0.1) is 0 Å². The summed E-state index contributed by atoms with van der Waals surface area (Å²) in [6.45, 7) is 2.89. The molecular weight excluding hydrogens is 416 g/mol. The molecule has 0 radical (unpaired) electrons. The van der Waals surface area contributed by atoms with E-state index in [-0.39, 0.29) is 22.1 Å². The number of anilines is 1. The van der Waals surface area contributed by atoms with Crippen molar-refractivity contribution in [3.05, 3.63) is 58.6 Å². The summed E-state index contributed by atoms with van der Waals surface area (Å²) in [6.07, 6.45) is 1.61. The highest BCUT2D eigenvalue weighted by molar-refractivity contribution is 7.89. The van der Waals surface area contributed by atoms with Crippen LogP contribution in [0.5, 0.6) is 0 Å². The van der Waals surface area contributed by atoms with Crippen molar-refractivity contribution in [2.24, 2.45) is 0 Å². The smallest absolute Gasteiger partial charge is 0.338 e. The maximum Gasteiger partial charge on any atom is 0.338 e. The summed E-state index contributed by atoms with van der Waals surface area (Å²) < 4.78 is 31.9. The molecule has 1 aliphatic rings. The number of hydrogen-bond acceptors (Lipinski definition) is 5. The van der Waals surface area contributed by atoms with Gasteiger partial charge in [-0.1, -0.05) is 11.6 Å². The number of esters is 1. The Balaban J connectivity index is 1.79. The van der Waals surface area contributed by atoms with Gasteiger partial charge >= 0.3 is 5.97 Å². The van der Waals surface area contributed by atoms with Crippen molar-refractivity contribution in [1.29, 1.82) is 0 Å². The van der Waals surface area contributed by atoms with Gasteiger partial charge in [-0.3, -0.25) is 4.79 Å². The summed E-state index contributed by atoms with van der Waals surface area (Å²) in [5.41, 5.74) is 0.999. The molecule has 9 heteroatoms. The van der Waals surface area contributed by atoms with Crippen molar-refractivity contribution >= 4 is 39.2 Å². The molecule has 1 aliphatic heterocycles. The van der Waals surface area contributed by atoms with Crippen LogP contribution in [0.3, 0.4) is 0 Å². The lowest BCUT2D eigenvalue weighted by atomic mass is 10.2. The van der Waals surface area contributed by atoms with Crippen LogP contribution in [-0.4, -0.2) is 44.3 Å². The fourth-order valence-corrected chi connectivity index (χ4v) is 5.03. The Morgan fingerprint density at radius 3 is 2.31 bits per heavy atom. The zero-order valence-corrected chi connectivity index (χ0v) is 17.4. The zero-order valence-electron chi connectivity index (χ0n) is 15.9. The van der Waals surface area contributed by atoms with Crippen molar-refractivity contribution in [3.8, 4) is 0 Å². The van der Waals surface area contributed by atoms with E-state index < -0.39 is 21.9 Å². The largest absolute Gasteiger partial charge is 0.462 e. The molecule has 154 valence electrons. The normalized spacial score (nSPS) is 14.6. The number of sulfonamides is 1. The maximum absolute atomic E-state index is 12.8. The first-order valence-electron chi connectivity index (χ1n) is 9.21. The fraction of sp³-hybridized carbons (Fsp3) is 0.300. The average molecular weight is 437 g/mol. The second-order valence-corrected chi connectivity index (χ2v) is 8.82. The van der Waals surface area contributed by atoms with Gasteiger partial charge in [0.15, 0.2) is 0 Å². The summed E-state index contributed by atoms with van der Waals surface area (Å²) in [5, 5.41) is 2.76. The first kappa shape index (κ1) is 21.3. The molecule has 1 N–H and O–H groups in total. The Hall–Kier alpha value is -2.42. The van der Waals surface area contributed by atoms with Crippen molar-refractivity contribution < 1.29 is 22.7 Å². The molecule has 0 spiro atoms. The molecule has 0 aromatic heterocycles. The van der Waals surface area contributed by atoms with Crippen LogP contribution in [0.15, 0.2) is 47.4 Å². The molecule has 2 aromatic carbocycles. The summed E-state index contributed by atoms with van der Waals surface area (Å²) in [4.78, 5) is 24.2. The van der Waals surface area contributed by atoms with Gasteiger partial charge in [-0.2, -0.15) is 4.31 Å². The molecule has 0 atom stereocenters. The first-order valence-corrected chi connectivity index (χ1v) is 11.0. The fourth-order valence-electron chi connectivity index (χ4n) is 3.02. The van der Waals surface area contributed by atoms with E-state index in [1.54, 1.807) is 31.2 Å². The van der Waals surface area contributed by atoms with E-state index >= 15 is 0 Å². The minimum atomic E-state index is -3.75. The number of nitrogens with zero attached hydrogens (tertiary/aromatic N) is 1. The van der Waals surface area contributed by atoms with E-state index in [0.29, 0.717) is 24.3 Å². The minimum Gasteiger partial charge on any atom is -0.462 e. The minimum absolute atomic E-state index is 0.0761. The van der Waals surface area contributed by atoms with E-state index in [0.717, 1.165) is 12.8 Å². The molecule has 1 saturated heterocycles. The van der Waals surface area contributed by atoms with Crippen LogP contribution in [0.2, 0.25) is 5.02 Å². The van der Waals surface area contributed by atoms with Gasteiger partial charge in [-0.25, -0.2) is 13.2 Å². The van der Waals surface area contributed by atoms with Gasteiger partial charge < -0.3 is 10.1 Å². The Morgan fingerprint density at radius 2 is 1.69 bits per heavy atom. The molecule has 29 heavy (non-hydrogen) atoms. The van der Waals surface area contributed by atoms with Crippen LogP contribution in [-0.2, 0) is 14.8 Å². The molecule has 1 fully saturated rings. The number of ether oxygens (including phenoxy) is 1. The summed E-state index contributed by atoms with van der Waals surface area (Å²) in [5.74, 6) is -0.928.